The standard InChI is InChI=1S/C23H17ClF3N5O/c24-19-18-22(15-7-4-8-16(26)20(15)27)30-32(12-17(33)31-10-9-14(25)11-31)23(18)29-28-21(19)13-5-2-1-3-6-13/h1-8,14H,9-12H2. The van der Waals surface area contributed by atoms with Crippen LogP contribution in [0.1, 0.15) is 6.42 Å². The third-order valence-corrected chi connectivity index (χ3v) is 5.99. The van der Waals surface area contributed by atoms with E-state index in [1.54, 1.807) is 24.3 Å². The molecule has 2 aromatic carbocycles. The zero-order chi connectivity index (χ0) is 23.1. The number of alkyl halides is 1. The monoisotopic (exact) mass is 471 g/mol. The number of benzene rings is 2. The number of likely N-dealkylation sites (tertiary alicyclic amines) is 1. The van der Waals surface area contributed by atoms with Crippen molar-refractivity contribution in [2.75, 3.05) is 13.1 Å². The van der Waals surface area contributed by atoms with Gasteiger partial charge in [0.25, 0.3) is 0 Å². The number of carbonyl (C=O) groups excluding carboxylic acids is 1. The SMILES string of the molecule is O=C(Cn1nc(-c2cccc(F)c2F)c2c(Cl)c(-c3ccccc3)nnc21)N1CCC(F)C1. The van der Waals surface area contributed by atoms with Crippen LogP contribution >= 0.6 is 11.6 Å². The second kappa shape index (κ2) is 8.47. The maximum Gasteiger partial charge on any atom is 0.244 e. The Morgan fingerprint density at radius 2 is 1.85 bits per heavy atom. The minimum Gasteiger partial charge on any atom is -0.338 e. The highest BCUT2D eigenvalue weighted by atomic mass is 35.5. The molecule has 1 atom stereocenters. The quantitative estimate of drug-likeness (QED) is 0.434. The molecule has 0 bridgehead atoms. The summed E-state index contributed by atoms with van der Waals surface area (Å²) in [7, 11) is 0. The van der Waals surface area contributed by atoms with E-state index < -0.39 is 17.8 Å². The number of nitrogens with zero attached hydrogens (tertiary/aromatic N) is 5. The van der Waals surface area contributed by atoms with Crippen molar-refractivity contribution in [1.82, 2.24) is 24.9 Å². The van der Waals surface area contributed by atoms with Crippen molar-refractivity contribution in [3.8, 4) is 22.5 Å². The molecule has 33 heavy (non-hydrogen) atoms. The molecule has 4 aromatic rings. The van der Waals surface area contributed by atoms with Gasteiger partial charge in [-0.3, -0.25) is 4.79 Å². The molecular weight excluding hydrogens is 455 g/mol. The van der Waals surface area contributed by atoms with Crippen LogP contribution in [0.5, 0.6) is 0 Å². The summed E-state index contributed by atoms with van der Waals surface area (Å²) in [5.41, 5.74) is 1.08. The van der Waals surface area contributed by atoms with Crippen molar-refractivity contribution in [1.29, 1.82) is 0 Å². The van der Waals surface area contributed by atoms with Crippen LogP contribution in [0.3, 0.4) is 0 Å². The van der Waals surface area contributed by atoms with Gasteiger partial charge in [0.2, 0.25) is 5.91 Å². The van der Waals surface area contributed by atoms with Crippen molar-refractivity contribution in [2.45, 2.75) is 19.1 Å². The second-order valence-electron chi connectivity index (χ2n) is 7.76. The molecule has 1 fully saturated rings. The summed E-state index contributed by atoms with van der Waals surface area (Å²) < 4.78 is 43.5. The molecule has 0 saturated carbocycles. The Balaban J connectivity index is 1.68. The molecule has 5 rings (SSSR count). The Labute approximate surface area is 191 Å². The molecule has 168 valence electrons. The third-order valence-electron chi connectivity index (χ3n) is 5.62. The first-order valence-corrected chi connectivity index (χ1v) is 10.7. The molecule has 1 amide bonds. The summed E-state index contributed by atoms with van der Waals surface area (Å²) in [5.74, 6) is -2.50. The fourth-order valence-electron chi connectivity index (χ4n) is 3.95. The van der Waals surface area contributed by atoms with Crippen molar-refractivity contribution < 1.29 is 18.0 Å². The van der Waals surface area contributed by atoms with Crippen molar-refractivity contribution in [3.63, 3.8) is 0 Å². The average Bonchev–Trinajstić information content (AvgIpc) is 3.41. The Morgan fingerprint density at radius 1 is 1.06 bits per heavy atom. The molecule has 0 N–H and O–H groups in total. The molecule has 0 radical (unpaired) electrons. The first kappa shape index (κ1) is 21.4. The summed E-state index contributed by atoms with van der Waals surface area (Å²) in [6, 6.07) is 12.8. The predicted molar refractivity (Wildman–Crippen MR) is 117 cm³/mol. The fraction of sp³-hybridized carbons (Fsp3) is 0.217. The molecule has 2 aromatic heterocycles. The lowest BCUT2D eigenvalue weighted by Crippen LogP contribution is -2.32. The second-order valence-corrected chi connectivity index (χ2v) is 8.14. The molecule has 10 heteroatoms. The smallest absolute Gasteiger partial charge is 0.244 e. The lowest BCUT2D eigenvalue weighted by molar-refractivity contribution is -0.131. The Kier molecular flexibility index (Phi) is 5.49. The highest BCUT2D eigenvalue weighted by Gasteiger charge is 2.28. The van der Waals surface area contributed by atoms with E-state index in [4.69, 9.17) is 11.6 Å². The number of hydrogen-bond acceptors (Lipinski definition) is 4. The Hall–Kier alpha value is -3.46. The molecule has 0 aliphatic carbocycles. The molecule has 6 nitrogen and oxygen atoms in total. The van der Waals surface area contributed by atoms with Crippen LogP contribution in [0, 0.1) is 11.6 Å². The molecule has 1 unspecified atom stereocenters. The van der Waals surface area contributed by atoms with Crippen molar-refractivity contribution in [3.05, 3.63) is 65.2 Å². The van der Waals surface area contributed by atoms with Crippen LogP contribution in [0.15, 0.2) is 48.5 Å². The highest BCUT2D eigenvalue weighted by molar-refractivity contribution is 6.38. The largest absolute Gasteiger partial charge is 0.338 e. The molecule has 3 heterocycles. The van der Waals surface area contributed by atoms with E-state index in [2.05, 4.69) is 15.3 Å². The number of aromatic nitrogens is 4. The van der Waals surface area contributed by atoms with Gasteiger partial charge in [0.05, 0.1) is 17.0 Å². The Morgan fingerprint density at radius 3 is 2.58 bits per heavy atom. The van der Waals surface area contributed by atoms with Crippen LogP contribution in [-0.2, 0) is 11.3 Å². The van der Waals surface area contributed by atoms with Gasteiger partial charge in [0.1, 0.15) is 24.1 Å². The zero-order valence-electron chi connectivity index (χ0n) is 17.2. The normalized spacial score (nSPS) is 16.0. The summed E-state index contributed by atoms with van der Waals surface area (Å²) >= 11 is 6.70. The van der Waals surface area contributed by atoms with Gasteiger partial charge < -0.3 is 4.90 Å². The number of rotatable bonds is 4. The van der Waals surface area contributed by atoms with Crippen LogP contribution < -0.4 is 0 Å². The lowest BCUT2D eigenvalue weighted by Gasteiger charge is -2.15. The van der Waals surface area contributed by atoms with Gasteiger partial charge in [0, 0.05) is 17.7 Å². The van der Waals surface area contributed by atoms with Crippen LogP contribution in [0.2, 0.25) is 5.02 Å². The first-order valence-electron chi connectivity index (χ1n) is 10.3. The van der Waals surface area contributed by atoms with E-state index in [9.17, 15) is 18.0 Å². The van der Waals surface area contributed by atoms with Gasteiger partial charge in [-0.2, -0.15) is 5.10 Å². The Bertz CT molecular complexity index is 1360. The minimum absolute atomic E-state index is 0.00794. The fourth-order valence-corrected chi connectivity index (χ4v) is 4.28. The molecule has 1 aliphatic rings. The van der Waals surface area contributed by atoms with Gasteiger partial charge in [0.15, 0.2) is 17.3 Å². The maximum atomic E-state index is 14.7. The van der Waals surface area contributed by atoms with Gasteiger partial charge in [-0.1, -0.05) is 48.0 Å². The van der Waals surface area contributed by atoms with Gasteiger partial charge in [-0.05, 0) is 18.6 Å². The highest BCUT2D eigenvalue weighted by Crippen LogP contribution is 2.38. The number of amides is 1. The number of halogens is 4. The summed E-state index contributed by atoms with van der Waals surface area (Å²) in [6.07, 6.45) is -0.792. The molecule has 1 saturated heterocycles. The van der Waals surface area contributed by atoms with Gasteiger partial charge in [-0.15, -0.1) is 10.2 Å². The van der Waals surface area contributed by atoms with E-state index in [1.807, 2.05) is 6.07 Å². The van der Waals surface area contributed by atoms with Crippen molar-refractivity contribution in [2.24, 2.45) is 0 Å². The molecule has 1 aliphatic heterocycles. The average molecular weight is 472 g/mol. The topological polar surface area (TPSA) is 63.9 Å². The van der Waals surface area contributed by atoms with Crippen LogP contribution in [-0.4, -0.2) is 50.0 Å². The van der Waals surface area contributed by atoms with Crippen LogP contribution in [0.4, 0.5) is 13.2 Å². The number of hydrogen-bond donors (Lipinski definition) is 0. The van der Waals surface area contributed by atoms with E-state index >= 15 is 0 Å². The first-order chi connectivity index (χ1) is 15.9. The maximum absolute atomic E-state index is 14.7. The molecular formula is C23H17ClF3N5O. The number of fused-ring (bicyclic) bond motifs is 1. The molecule has 0 spiro atoms. The summed E-state index contributed by atoms with van der Waals surface area (Å²) in [5, 5.41) is 13.2. The summed E-state index contributed by atoms with van der Waals surface area (Å²) in [6.45, 7) is 0.0407. The minimum atomic E-state index is -1.09. The van der Waals surface area contributed by atoms with E-state index in [0.29, 0.717) is 17.8 Å². The lowest BCUT2D eigenvalue weighted by atomic mass is 10.1. The predicted octanol–water partition coefficient (Wildman–Crippen LogP) is 4.66. The van der Waals surface area contributed by atoms with E-state index in [0.717, 1.165) is 6.07 Å². The van der Waals surface area contributed by atoms with Crippen LogP contribution in [0.25, 0.3) is 33.5 Å². The van der Waals surface area contributed by atoms with Gasteiger partial charge >= 0.3 is 0 Å². The zero-order valence-corrected chi connectivity index (χ0v) is 17.9. The van der Waals surface area contributed by atoms with E-state index in [-0.39, 0.29) is 52.7 Å². The number of carbonyl (C=O) groups is 1. The van der Waals surface area contributed by atoms with E-state index in [1.165, 1.54) is 21.7 Å². The van der Waals surface area contributed by atoms with Crippen molar-refractivity contribution >= 4 is 28.5 Å². The van der Waals surface area contributed by atoms with Gasteiger partial charge in [-0.25, -0.2) is 17.9 Å². The third kappa shape index (κ3) is 3.82. The summed E-state index contributed by atoms with van der Waals surface area (Å²) in [4.78, 5) is 14.1.